The molecular weight excluding hydrogens is 487 g/mol. The number of hydrogen-bond acceptors (Lipinski definition) is 5. The summed E-state index contributed by atoms with van der Waals surface area (Å²) in [5, 5.41) is 29.9. The van der Waals surface area contributed by atoms with Crippen LogP contribution in [0.5, 0.6) is 0 Å². The van der Waals surface area contributed by atoms with Crippen molar-refractivity contribution < 1.29 is 24.9 Å². The van der Waals surface area contributed by atoms with Crippen LogP contribution < -0.4 is 0 Å². The number of Topliss-reactive ketones (excluding diaryl/α,β-unsaturated/α-hetero) is 1. The zero-order chi connectivity index (χ0) is 20.3. The smallest absolute Gasteiger partial charge is 0.253 e. The van der Waals surface area contributed by atoms with E-state index in [0.717, 1.165) is 0 Å². The number of hydrogen-bond donors (Lipinski definition) is 3. The van der Waals surface area contributed by atoms with Gasteiger partial charge in [0.05, 0.1) is 27.7 Å². The standard InChI is InChI=1S/C15H11Cl6NO5/c16-5-1-4-7(2-6(5)17)22(13(18)9(4)12(26)15(19,20)21)14-11(25)10(24)8(3-23)27-14/h1-2,8,10-11,14,23-25H,3H2/t8-,10-,11-,14-/m1/s1. The molecule has 6 nitrogen and oxygen atoms in total. The number of fused-ring (bicyclic) bond motifs is 1. The molecule has 3 N–H and O–H groups in total. The Balaban J connectivity index is 2.29. The summed E-state index contributed by atoms with van der Waals surface area (Å²) in [6.07, 6.45) is -5.14. The molecule has 0 bridgehead atoms. The van der Waals surface area contributed by atoms with Gasteiger partial charge in [0, 0.05) is 5.39 Å². The van der Waals surface area contributed by atoms with E-state index < -0.39 is 40.7 Å². The van der Waals surface area contributed by atoms with Crippen molar-refractivity contribution >= 4 is 86.3 Å². The third kappa shape index (κ3) is 3.66. The van der Waals surface area contributed by atoms with E-state index in [9.17, 15) is 20.1 Å². The Bertz CT molecular complexity index is 910. The maximum Gasteiger partial charge on any atom is 0.253 e. The predicted molar refractivity (Wildman–Crippen MR) is 105 cm³/mol. The van der Waals surface area contributed by atoms with Crippen LogP contribution in [0.3, 0.4) is 0 Å². The molecule has 1 aromatic heterocycles. The summed E-state index contributed by atoms with van der Waals surface area (Å²) in [5.41, 5.74) is 0.0878. The Morgan fingerprint density at radius 1 is 1.11 bits per heavy atom. The number of rotatable bonds is 3. The van der Waals surface area contributed by atoms with Crippen LogP contribution in [0.25, 0.3) is 10.9 Å². The maximum absolute atomic E-state index is 12.6. The van der Waals surface area contributed by atoms with Crippen molar-refractivity contribution in [1.82, 2.24) is 4.57 Å². The molecule has 0 amide bonds. The molecule has 0 spiro atoms. The minimum absolute atomic E-state index is 0.123. The number of aromatic nitrogens is 1. The van der Waals surface area contributed by atoms with Gasteiger partial charge in [-0.3, -0.25) is 4.79 Å². The molecule has 2 heterocycles. The summed E-state index contributed by atoms with van der Waals surface area (Å²) in [6, 6.07) is 2.77. The molecule has 1 fully saturated rings. The van der Waals surface area contributed by atoms with Crippen LogP contribution in [0.1, 0.15) is 16.6 Å². The number of halogens is 6. The fraction of sp³-hybridized carbons (Fsp3) is 0.400. The SMILES string of the molecule is O=C(c1c(Cl)n([C@@H]2O[C@H](CO)[C@@H](O)[C@H]2O)c2cc(Cl)c(Cl)cc12)C(Cl)(Cl)Cl. The largest absolute Gasteiger partial charge is 0.394 e. The highest BCUT2D eigenvalue weighted by Gasteiger charge is 2.46. The van der Waals surface area contributed by atoms with Crippen molar-refractivity contribution in [3.8, 4) is 0 Å². The molecule has 1 aromatic carbocycles. The lowest BCUT2D eigenvalue weighted by Crippen LogP contribution is -2.33. The number of alkyl halides is 3. The van der Waals surface area contributed by atoms with Gasteiger partial charge in [-0.2, -0.15) is 0 Å². The molecular formula is C15H11Cl6NO5. The zero-order valence-electron chi connectivity index (χ0n) is 13.0. The second-order valence-electron chi connectivity index (χ2n) is 5.88. The molecule has 12 heteroatoms. The third-order valence-electron chi connectivity index (χ3n) is 4.24. The lowest BCUT2D eigenvalue weighted by Gasteiger charge is -2.19. The summed E-state index contributed by atoms with van der Waals surface area (Å²) in [4.78, 5) is 12.6. The van der Waals surface area contributed by atoms with Gasteiger partial charge < -0.3 is 24.6 Å². The van der Waals surface area contributed by atoms with Crippen LogP contribution in [0.15, 0.2) is 12.1 Å². The summed E-state index contributed by atoms with van der Waals surface area (Å²) < 4.78 is 4.42. The first-order valence-electron chi connectivity index (χ1n) is 7.41. The van der Waals surface area contributed by atoms with E-state index in [4.69, 9.17) is 74.3 Å². The van der Waals surface area contributed by atoms with E-state index in [1.165, 1.54) is 16.7 Å². The number of carbonyl (C=O) groups excluding carboxylic acids is 1. The highest BCUT2D eigenvalue weighted by molar-refractivity contribution is 6.78. The first-order chi connectivity index (χ1) is 12.5. The van der Waals surface area contributed by atoms with Gasteiger partial charge in [0.1, 0.15) is 23.5 Å². The van der Waals surface area contributed by atoms with Crippen LogP contribution in [0, 0.1) is 0 Å². The summed E-state index contributed by atoms with van der Waals surface area (Å²) in [6.45, 7) is -0.544. The van der Waals surface area contributed by atoms with E-state index in [2.05, 4.69) is 0 Å². The molecule has 1 aliphatic rings. The number of nitrogens with zero attached hydrogens (tertiary/aromatic N) is 1. The average Bonchev–Trinajstić information content (AvgIpc) is 3.01. The zero-order valence-corrected chi connectivity index (χ0v) is 17.6. The summed E-state index contributed by atoms with van der Waals surface area (Å²) >= 11 is 35.7. The number of ketones is 1. The number of aliphatic hydroxyl groups excluding tert-OH is 3. The second kappa shape index (κ2) is 7.69. The Labute approximate surface area is 183 Å². The van der Waals surface area contributed by atoms with Gasteiger partial charge >= 0.3 is 0 Å². The van der Waals surface area contributed by atoms with Crippen LogP contribution in [0.4, 0.5) is 0 Å². The van der Waals surface area contributed by atoms with Gasteiger partial charge in [-0.15, -0.1) is 0 Å². The van der Waals surface area contributed by atoms with Crippen LogP contribution >= 0.6 is 69.6 Å². The van der Waals surface area contributed by atoms with E-state index in [0.29, 0.717) is 0 Å². The Morgan fingerprint density at radius 2 is 1.70 bits per heavy atom. The first kappa shape index (κ1) is 21.7. The van der Waals surface area contributed by atoms with Gasteiger partial charge in [0.15, 0.2) is 6.23 Å². The molecule has 0 radical (unpaired) electrons. The Kier molecular flexibility index (Phi) is 6.18. The average molecular weight is 498 g/mol. The van der Waals surface area contributed by atoms with Crippen molar-refractivity contribution in [2.24, 2.45) is 0 Å². The van der Waals surface area contributed by atoms with Gasteiger partial charge in [-0.1, -0.05) is 69.6 Å². The number of ether oxygens (including phenoxy) is 1. The summed E-state index contributed by atoms with van der Waals surface area (Å²) in [7, 11) is 0. The molecule has 148 valence electrons. The van der Waals surface area contributed by atoms with Crippen molar-refractivity contribution in [1.29, 1.82) is 0 Å². The van der Waals surface area contributed by atoms with Gasteiger partial charge in [0.2, 0.25) is 5.78 Å². The molecule has 0 unspecified atom stereocenters. The number of aliphatic hydroxyl groups is 3. The normalized spacial score (nSPS) is 26.1. The molecule has 3 rings (SSSR count). The minimum atomic E-state index is -2.31. The van der Waals surface area contributed by atoms with E-state index in [-0.39, 0.29) is 31.7 Å². The lowest BCUT2D eigenvalue weighted by molar-refractivity contribution is -0.0505. The molecule has 2 aromatic rings. The van der Waals surface area contributed by atoms with Gasteiger partial charge in [-0.05, 0) is 12.1 Å². The Hall–Kier alpha value is 0.01000. The topological polar surface area (TPSA) is 91.9 Å². The third-order valence-corrected chi connectivity index (χ3v) is 5.85. The van der Waals surface area contributed by atoms with E-state index >= 15 is 0 Å². The van der Waals surface area contributed by atoms with Crippen LogP contribution in [0.2, 0.25) is 15.2 Å². The van der Waals surface area contributed by atoms with Crippen LogP contribution in [-0.4, -0.2) is 54.4 Å². The molecule has 1 saturated heterocycles. The molecule has 4 atom stereocenters. The van der Waals surface area contributed by atoms with Crippen molar-refractivity contribution in [3.05, 3.63) is 32.9 Å². The Morgan fingerprint density at radius 3 is 2.22 bits per heavy atom. The van der Waals surface area contributed by atoms with Gasteiger partial charge in [0.25, 0.3) is 3.79 Å². The van der Waals surface area contributed by atoms with Crippen LogP contribution in [-0.2, 0) is 4.74 Å². The summed E-state index contributed by atoms with van der Waals surface area (Å²) in [5.74, 6) is -0.925. The first-order valence-corrected chi connectivity index (χ1v) is 9.68. The highest BCUT2D eigenvalue weighted by Crippen LogP contribution is 2.44. The molecule has 27 heavy (non-hydrogen) atoms. The number of benzene rings is 1. The highest BCUT2D eigenvalue weighted by atomic mass is 35.6. The van der Waals surface area contributed by atoms with Crippen molar-refractivity contribution in [2.75, 3.05) is 6.61 Å². The van der Waals surface area contributed by atoms with E-state index in [1.54, 1.807) is 0 Å². The number of carbonyl (C=O) groups is 1. The minimum Gasteiger partial charge on any atom is -0.394 e. The fourth-order valence-electron chi connectivity index (χ4n) is 2.97. The van der Waals surface area contributed by atoms with Crippen molar-refractivity contribution in [2.45, 2.75) is 28.3 Å². The van der Waals surface area contributed by atoms with Crippen molar-refractivity contribution in [3.63, 3.8) is 0 Å². The lowest BCUT2D eigenvalue weighted by atomic mass is 10.1. The molecule has 1 aliphatic heterocycles. The monoisotopic (exact) mass is 495 g/mol. The van der Waals surface area contributed by atoms with Gasteiger partial charge in [-0.25, -0.2) is 0 Å². The maximum atomic E-state index is 12.6. The molecule has 0 saturated carbocycles. The predicted octanol–water partition coefficient (Wildman–Crippen LogP) is 3.77. The fourth-order valence-corrected chi connectivity index (χ4v) is 3.95. The second-order valence-corrected chi connectivity index (χ2v) is 9.33. The van der Waals surface area contributed by atoms with E-state index in [1.807, 2.05) is 0 Å². The quantitative estimate of drug-likeness (QED) is 0.443. The molecule has 0 aliphatic carbocycles.